The molecule has 0 spiro atoms. The molecule has 0 radical (unpaired) electrons. The van der Waals surface area contributed by atoms with E-state index in [0.29, 0.717) is 5.92 Å². The van der Waals surface area contributed by atoms with Crippen molar-refractivity contribution in [3.63, 3.8) is 0 Å². The van der Waals surface area contributed by atoms with Gasteiger partial charge in [0.25, 0.3) is 0 Å². The number of rotatable bonds is 5. The monoisotopic (exact) mass is 269 g/mol. The quantitative estimate of drug-likeness (QED) is 0.604. The second kappa shape index (κ2) is 6.70. The first kappa shape index (κ1) is 15.7. The van der Waals surface area contributed by atoms with Gasteiger partial charge in [-0.2, -0.15) is 0 Å². The van der Waals surface area contributed by atoms with E-state index in [2.05, 4.69) is 16.6 Å². The molecule has 0 bridgehead atoms. The average Bonchev–Trinajstić information content (AvgIpc) is 2.39. The molecule has 0 aromatic carbocycles. The van der Waals surface area contributed by atoms with E-state index in [-0.39, 0.29) is 12.0 Å². The third-order valence-electron chi connectivity index (χ3n) is 3.55. The Morgan fingerprint density at radius 3 is 2.42 bits per heavy atom. The molecule has 0 aliphatic carbocycles. The lowest BCUT2D eigenvalue weighted by molar-refractivity contribution is -0.159. The van der Waals surface area contributed by atoms with Crippen LogP contribution in [0.2, 0.25) is 0 Å². The maximum atomic E-state index is 11.9. The van der Waals surface area contributed by atoms with E-state index in [4.69, 9.17) is 4.74 Å². The SMILES string of the molecule is C=C(CC(=O)OC)C(=O)OC(C)(C)C1CCNCC1. The third-order valence-corrected chi connectivity index (χ3v) is 3.55. The summed E-state index contributed by atoms with van der Waals surface area (Å²) in [5.74, 6) is -0.681. The Morgan fingerprint density at radius 2 is 1.89 bits per heavy atom. The molecule has 0 unspecified atom stereocenters. The van der Waals surface area contributed by atoms with Crippen molar-refractivity contribution in [2.75, 3.05) is 20.2 Å². The van der Waals surface area contributed by atoms with Gasteiger partial charge >= 0.3 is 11.9 Å². The van der Waals surface area contributed by atoms with Crippen LogP contribution in [-0.2, 0) is 19.1 Å². The molecular weight excluding hydrogens is 246 g/mol. The van der Waals surface area contributed by atoms with Gasteiger partial charge in [0, 0.05) is 11.5 Å². The Kier molecular flexibility index (Phi) is 5.54. The van der Waals surface area contributed by atoms with Crippen LogP contribution in [-0.4, -0.2) is 37.7 Å². The summed E-state index contributed by atoms with van der Waals surface area (Å²) in [6.45, 7) is 9.28. The van der Waals surface area contributed by atoms with E-state index < -0.39 is 17.5 Å². The van der Waals surface area contributed by atoms with E-state index in [1.165, 1.54) is 7.11 Å². The summed E-state index contributed by atoms with van der Waals surface area (Å²) in [6.07, 6.45) is 1.82. The topological polar surface area (TPSA) is 64.6 Å². The number of piperidine rings is 1. The number of methoxy groups -OCH3 is 1. The lowest BCUT2D eigenvalue weighted by Crippen LogP contribution is -2.43. The van der Waals surface area contributed by atoms with E-state index >= 15 is 0 Å². The molecule has 0 atom stereocenters. The Balaban J connectivity index is 2.53. The molecule has 5 heteroatoms. The van der Waals surface area contributed by atoms with Gasteiger partial charge in [-0.25, -0.2) is 4.79 Å². The largest absolute Gasteiger partial charge is 0.469 e. The molecule has 1 N–H and O–H groups in total. The highest BCUT2D eigenvalue weighted by atomic mass is 16.6. The van der Waals surface area contributed by atoms with E-state index in [1.54, 1.807) is 0 Å². The number of nitrogens with one attached hydrogen (secondary N) is 1. The van der Waals surface area contributed by atoms with Gasteiger partial charge in [0.1, 0.15) is 5.60 Å². The molecule has 108 valence electrons. The smallest absolute Gasteiger partial charge is 0.334 e. The van der Waals surface area contributed by atoms with Crippen molar-refractivity contribution >= 4 is 11.9 Å². The van der Waals surface area contributed by atoms with E-state index in [0.717, 1.165) is 25.9 Å². The molecule has 5 nitrogen and oxygen atoms in total. The van der Waals surface area contributed by atoms with Gasteiger partial charge < -0.3 is 14.8 Å². The molecule has 1 rings (SSSR count). The van der Waals surface area contributed by atoms with Crippen LogP contribution in [0.1, 0.15) is 33.1 Å². The fourth-order valence-electron chi connectivity index (χ4n) is 2.23. The molecule has 1 heterocycles. The van der Waals surface area contributed by atoms with Gasteiger partial charge in [-0.1, -0.05) is 6.58 Å². The van der Waals surface area contributed by atoms with Gasteiger partial charge in [-0.05, 0) is 39.8 Å². The number of hydrogen-bond donors (Lipinski definition) is 1. The highest BCUT2D eigenvalue weighted by Gasteiger charge is 2.34. The summed E-state index contributed by atoms with van der Waals surface area (Å²) < 4.78 is 10.0. The van der Waals surface area contributed by atoms with Crippen LogP contribution >= 0.6 is 0 Å². The van der Waals surface area contributed by atoms with Gasteiger partial charge in [0.05, 0.1) is 13.5 Å². The first-order valence-corrected chi connectivity index (χ1v) is 6.55. The van der Waals surface area contributed by atoms with Crippen LogP contribution in [0, 0.1) is 5.92 Å². The van der Waals surface area contributed by atoms with Crippen LogP contribution in [0.15, 0.2) is 12.2 Å². The van der Waals surface area contributed by atoms with E-state index in [1.807, 2.05) is 13.8 Å². The van der Waals surface area contributed by atoms with Crippen molar-refractivity contribution in [1.29, 1.82) is 0 Å². The molecular formula is C14H23NO4. The Bertz CT molecular complexity index is 356. The normalized spacial score (nSPS) is 16.8. The summed E-state index contributed by atoms with van der Waals surface area (Å²) in [7, 11) is 1.28. The second-order valence-corrected chi connectivity index (χ2v) is 5.37. The minimum absolute atomic E-state index is 0.127. The maximum absolute atomic E-state index is 11.9. The molecule has 0 amide bonds. The van der Waals surface area contributed by atoms with Crippen LogP contribution < -0.4 is 5.32 Å². The lowest BCUT2D eigenvalue weighted by atomic mass is 9.83. The van der Waals surface area contributed by atoms with Gasteiger partial charge in [-0.3, -0.25) is 4.79 Å². The first-order chi connectivity index (χ1) is 8.86. The van der Waals surface area contributed by atoms with Crippen molar-refractivity contribution in [1.82, 2.24) is 5.32 Å². The van der Waals surface area contributed by atoms with Crippen molar-refractivity contribution < 1.29 is 19.1 Å². The minimum atomic E-state index is -0.543. The number of esters is 2. The first-order valence-electron chi connectivity index (χ1n) is 6.55. The summed E-state index contributed by atoms with van der Waals surface area (Å²) in [5.41, 5.74) is -0.410. The number of carbonyl (C=O) groups is 2. The molecule has 0 saturated carbocycles. The molecule has 0 aromatic rings. The highest BCUT2D eigenvalue weighted by Crippen LogP contribution is 2.29. The molecule has 1 saturated heterocycles. The van der Waals surface area contributed by atoms with Crippen molar-refractivity contribution in [2.24, 2.45) is 5.92 Å². The second-order valence-electron chi connectivity index (χ2n) is 5.37. The zero-order chi connectivity index (χ0) is 14.5. The lowest BCUT2D eigenvalue weighted by Gasteiger charge is -2.36. The Hall–Kier alpha value is -1.36. The highest BCUT2D eigenvalue weighted by molar-refractivity contribution is 5.93. The van der Waals surface area contributed by atoms with Crippen LogP contribution in [0.25, 0.3) is 0 Å². The van der Waals surface area contributed by atoms with Gasteiger partial charge in [-0.15, -0.1) is 0 Å². The summed E-state index contributed by atoms with van der Waals surface area (Å²) in [4.78, 5) is 23.0. The Morgan fingerprint density at radius 1 is 1.32 bits per heavy atom. The van der Waals surface area contributed by atoms with Crippen LogP contribution in [0.5, 0.6) is 0 Å². The third kappa shape index (κ3) is 4.67. The molecule has 19 heavy (non-hydrogen) atoms. The standard InChI is InChI=1S/C14H23NO4/c1-10(9-12(16)18-4)13(17)19-14(2,3)11-5-7-15-8-6-11/h11,15H,1,5-9H2,2-4H3. The van der Waals surface area contributed by atoms with Crippen LogP contribution in [0.3, 0.4) is 0 Å². The molecule has 1 aliphatic heterocycles. The van der Waals surface area contributed by atoms with E-state index in [9.17, 15) is 9.59 Å². The fourth-order valence-corrected chi connectivity index (χ4v) is 2.23. The maximum Gasteiger partial charge on any atom is 0.334 e. The summed E-state index contributed by atoms with van der Waals surface area (Å²) in [5, 5.41) is 3.28. The minimum Gasteiger partial charge on any atom is -0.469 e. The van der Waals surface area contributed by atoms with Crippen molar-refractivity contribution in [3.05, 3.63) is 12.2 Å². The molecule has 0 aromatic heterocycles. The van der Waals surface area contributed by atoms with Crippen molar-refractivity contribution in [3.8, 4) is 0 Å². The van der Waals surface area contributed by atoms with Gasteiger partial charge in [0.2, 0.25) is 0 Å². The summed E-state index contributed by atoms with van der Waals surface area (Å²) >= 11 is 0. The average molecular weight is 269 g/mol. The molecule has 1 fully saturated rings. The van der Waals surface area contributed by atoms with Crippen molar-refractivity contribution in [2.45, 2.75) is 38.7 Å². The fraction of sp³-hybridized carbons (Fsp3) is 0.714. The van der Waals surface area contributed by atoms with Gasteiger partial charge in [0.15, 0.2) is 0 Å². The Labute approximate surface area is 114 Å². The zero-order valence-corrected chi connectivity index (χ0v) is 12.0. The predicted molar refractivity (Wildman–Crippen MR) is 71.5 cm³/mol. The number of carbonyl (C=O) groups excluding carboxylic acids is 2. The molecule has 1 aliphatic rings. The number of hydrogen-bond acceptors (Lipinski definition) is 5. The van der Waals surface area contributed by atoms with Crippen LogP contribution in [0.4, 0.5) is 0 Å². The number of ether oxygens (including phenoxy) is 2. The zero-order valence-electron chi connectivity index (χ0n) is 12.0. The predicted octanol–water partition coefficient (Wildman–Crippen LogP) is 1.43. The summed E-state index contributed by atoms with van der Waals surface area (Å²) in [6, 6.07) is 0.